The number of ether oxygens (including phenoxy) is 1. The van der Waals surface area contributed by atoms with Crippen molar-refractivity contribution in [3.05, 3.63) is 65.1 Å². The summed E-state index contributed by atoms with van der Waals surface area (Å²) in [6, 6.07) is 11.8. The summed E-state index contributed by atoms with van der Waals surface area (Å²) in [6.45, 7) is 0.334. The summed E-state index contributed by atoms with van der Waals surface area (Å²) in [5.41, 5.74) is 2.22. The van der Waals surface area contributed by atoms with Gasteiger partial charge in [0.05, 0.1) is 5.02 Å². The molecule has 0 aliphatic rings. The van der Waals surface area contributed by atoms with Crippen LogP contribution in [-0.2, 0) is 11.2 Å². The summed E-state index contributed by atoms with van der Waals surface area (Å²) in [7, 11) is 0. The molecule has 3 rings (SSSR count). The predicted octanol–water partition coefficient (Wildman–Crippen LogP) is 3.70. The number of para-hydroxylation sites is 1. The van der Waals surface area contributed by atoms with Crippen LogP contribution < -0.4 is 10.1 Å². The molecule has 0 unspecified atom stereocenters. The second kappa shape index (κ2) is 7.36. The molecule has 0 saturated heterocycles. The summed E-state index contributed by atoms with van der Waals surface area (Å²) in [4.78, 5) is 15.0. The summed E-state index contributed by atoms with van der Waals surface area (Å²) in [5.74, 6) is -0.421. The van der Waals surface area contributed by atoms with E-state index < -0.39 is 5.82 Å². The van der Waals surface area contributed by atoms with Crippen molar-refractivity contribution >= 4 is 28.4 Å². The van der Waals surface area contributed by atoms with Crippen LogP contribution in [0.25, 0.3) is 10.9 Å². The summed E-state index contributed by atoms with van der Waals surface area (Å²) < 4.78 is 18.2. The second-order valence-electron chi connectivity index (χ2n) is 5.32. The lowest BCUT2D eigenvalue weighted by atomic mass is 10.1. The fraction of sp³-hybridized carbons (Fsp3) is 0.167. The van der Waals surface area contributed by atoms with E-state index in [9.17, 15) is 9.18 Å². The van der Waals surface area contributed by atoms with Crippen molar-refractivity contribution in [2.75, 3.05) is 13.2 Å². The van der Waals surface area contributed by atoms with Crippen LogP contribution >= 0.6 is 11.6 Å². The second-order valence-corrected chi connectivity index (χ2v) is 5.73. The molecule has 0 aliphatic heterocycles. The van der Waals surface area contributed by atoms with Crippen LogP contribution in [0.5, 0.6) is 5.75 Å². The van der Waals surface area contributed by atoms with Gasteiger partial charge in [-0.15, -0.1) is 0 Å². The molecule has 2 aromatic carbocycles. The van der Waals surface area contributed by atoms with Gasteiger partial charge in [0.15, 0.2) is 6.61 Å². The highest BCUT2D eigenvalue weighted by Crippen LogP contribution is 2.24. The van der Waals surface area contributed by atoms with Crippen molar-refractivity contribution in [2.45, 2.75) is 6.42 Å². The average Bonchev–Trinajstić information content (AvgIpc) is 2.97. The normalized spacial score (nSPS) is 10.8. The van der Waals surface area contributed by atoms with E-state index in [1.807, 2.05) is 30.5 Å². The van der Waals surface area contributed by atoms with Crippen molar-refractivity contribution in [3.63, 3.8) is 0 Å². The standard InChI is InChI=1S/C18H16ClFN2O2/c19-15-9-13(20)5-6-17(15)24-11-18(23)21-8-7-12-10-22-16-4-2-1-3-14(12)16/h1-6,9-10,22H,7-8,11H2,(H,21,23). The van der Waals surface area contributed by atoms with Gasteiger partial charge >= 0.3 is 0 Å². The van der Waals surface area contributed by atoms with Crippen molar-refractivity contribution < 1.29 is 13.9 Å². The molecular formula is C18H16ClFN2O2. The third-order valence-corrected chi connectivity index (χ3v) is 3.94. The monoisotopic (exact) mass is 346 g/mol. The van der Waals surface area contributed by atoms with Crippen LogP contribution in [0.4, 0.5) is 4.39 Å². The number of benzene rings is 2. The Kier molecular flexibility index (Phi) is 5.01. The van der Waals surface area contributed by atoms with Crippen LogP contribution in [-0.4, -0.2) is 24.0 Å². The van der Waals surface area contributed by atoms with Gasteiger partial charge in [0.2, 0.25) is 0 Å². The van der Waals surface area contributed by atoms with Gasteiger partial charge in [-0.2, -0.15) is 0 Å². The third-order valence-electron chi connectivity index (χ3n) is 3.64. The van der Waals surface area contributed by atoms with Crippen LogP contribution in [0.15, 0.2) is 48.7 Å². The van der Waals surface area contributed by atoms with Gasteiger partial charge in [0.25, 0.3) is 5.91 Å². The smallest absolute Gasteiger partial charge is 0.257 e. The molecule has 1 heterocycles. The molecule has 0 spiro atoms. The van der Waals surface area contributed by atoms with Gasteiger partial charge in [-0.1, -0.05) is 29.8 Å². The minimum atomic E-state index is -0.449. The predicted molar refractivity (Wildman–Crippen MR) is 91.9 cm³/mol. The number of nitrogens with one attached hydrogen (secondary N) is 2. The van der Waals surface area contributed by atoms with Crippen LogP contribution in [0.3, 0.4) is 0 Å². The first-order valence-corrected chi connectivity index (χ1v) is 7.91. The number of rotatable bonds is 6. The number of hydrogen-bond donors (Lipinski definition) is 2. The third kappa shape index (κ3) is 3.86. The molecule has 0 fully saturated rings. The average molecular weight is 347 g/mol. The van der Waals surface area contributed by atoms with Crippen LogP contribution in [0, 0.1) is 5.82 Å². The van der Waals surface area contributed by atoms with Crippen molar-refractivity contribution in [1.29, 1.82) is 0 Å². The van der Waals surface area contributed by atoms with Gasteiger partial charge in [-0.05, 0) is 36.2 Å². The molecule has 0 atom stereocenters. The molecule has 4 nitrogen and oxygen atoms in total. The number of aromatic nitrogens is 1. The Morgan fingerprint density at radius 1 is 1.25 bits per heavy atom. The maximum atomic E-state index is 12.9. The van der Waals surface area contributed by atoms with Crippen LogP contribution in [0.2, 0.25) is 5.02 Å². The number of halogens is 2. The molecule has 1 aromatic heterocycles. The lowest BCUT2D eigenvalue weighted by molar-refractivity contribution is -0.123. The number of carbonyl (C=O) groups excluding carboxylic acids is 1. The molecule has 124 valence electrons. The van der Waals surface area contributed by atoms with E-state index in [-0.39, 0.29) is 23.3 Å². The van der Waals surface area contributed by atoms with Gasteiger partial charge in [0.1, 0.15) is 11.6 Å². The zero-order chi connectivity index (χ0) is 16.9. The first-order chi connectivity index (χ1) is 11.6. The Morgan fingerprint density at radius 2 is 2.08 bits per heavy atom. The molecule has 0 bridgehead atoms. The number of carbonyl (C=O) groups is 1. The van der Waals surface area contributed by atoms with Gasteiger partial charge in [-0.3, -0.25) is 4.79 Å². The summed E-state index contributed by atoms with van der Waals surface area (Å²) >= 11 is 5.84. The maximum absolute atomic E-state index is 12.9. The minimum absolute atomic E-state index is 0.140. The maximum Gasteiger partial charge on any atom is 0.257 e. The highest BCUT2D eigenvalue weighted by Gasteiger charge is 2.08. The summed E-state index contributed by atoms with van der Waals surface area (Å²) in [5, 5.41) is 4.09. The van der Waals surface area contributed by atoms with E-state index in [2.05, 4.69) is 10.3 Å². The van der Waals surface area contributed by atoms with Crippen molar-refractivity contribution in [1.82, 2.24) is 10.3 Å². The zero-order valence-electron chi connectivity index (χ0n) is 12.8. The Balaban J connectivity index is 1.47. The molecule has 0 aliphatic carbocycles. The van der Waals surface area contributed by atoms with Crippen molar-refractivity contribution in [2.24, 2.45) is 0 Å². The molecule has 1 amide bonds. The number of hydrogen-bond acceptors (Lipinski definition) is 2. The Labute approximate surface area is 143 Å². The molecule has 0 saturated carbocycles. The Morgan fingerprint density at radius 3 is 2.92 bits per heavy atom. The zero-order valence-corrected chi connectivity index (χ0v) is 13.6. The first kappa shape index (κ1) is 16.3. The quantitative estimate of drug-likeness (QED) is 0.715. The molecule has 2 N–H and O–H groups in total. The van der Waals surface area contributed by atoms with E-state index in [1.54, 1.807) is 0 Å². The van der Waals surface area contributed by atoms with Gasteiger partial charge < -0.3 is 15.0 Å². The largest absolute Gasteiger partial charge is 0.482 e. The number of amides is 1. The van der Waals surface area contributed by atoms with E-state index >= 15 is 0 Å². The van der Waals surface area contributed by atoms with E-state index in [0.717, 1.165) is 22.5 Å². The first-order valence-electron chi connectivity index (χ1n) is 7.53. The van der Waals surface area contributed by atoms with Crippen molar-refractivity contribution in [3.8, 4) is 5.75 Å². The molecular weight excluding hydrogens is 331 g/mol. The molecule has 6 heteroatoms. The lowest BCUT2D eigenvalue weighted by Crippen LogP contribution is -2.30. The molecule has 0 radical (unpaired) electrons. The number of aromatic amines is 1. The minimum Gasteiger partial charge on any atom is -0.482 e. The SMILES string of the molecule is O=C(COc1ccc(F)cc1Cl)NCCc1c[nH]c2ccccc12. The van der Waals surface area contributed by atoms with Crippen LogP contribution in [0.1, 0.15) is 5.56 Å². The fourth-order valence-corrected chi connectivity index (χ4v) is 2.68. The molecule has 24 heavy (non-hydrogen) atoms. The fourth-order valence-electron chi connectivity index (χ4n) is 2.46. The number of H-pyrrole nitrogens is 1. The number of fused-ring (bicyclic) bond motifs is 1. The van der Waals surface area contributed by atoms with Gasteiger partial charge in [0, 0.05) is 23.6 Å². The Bertz CT molecular complexity index is 863. The van der Waals surface area contributed by atoms with E-state index in [1.165, 1.54) is 12.1 Å². The van der Waals surface area contributed by atoms with Gasteiger partial charge in [-0.25, -0.2) is 4.39 Å². The Hall–Kier alpha value is -2.53. The summed E-state index contributed by atoms with van der Waals surface area (Å²) in [6.07, 6.45) is 2.67. The topological polar surface area (TPSA) is 54.1 Å². The molecule has 3 aromatic rings. The van der Waals surface area contributed by atoms with E-state index in [0.29, 0.717) is 13.0 Å². The lowest BCUT2D eigenvalue weighted by Gasteiger charge is -2.08. The highest BCUT2D eigenvalue weighted by atomic mass is 35.5. The van der Waals surface area contributed by atoms with E-state index in [4.69, 9.17) is 16.3 Å². The highest BCUT2D eigenvalue weighted by molar-refractivity contribution is 6.32.